The maximum absolute atomic E-state index is 12.7. The van der Waals surface area contributed by atoms with Crippen molar-refractivity contribution in [1.82, 2.24) is 9.55 Å². The molecule has 5 heteroatoms. The SMILES string of the molecule is CCC[C@@H](CC)OCC1C=Cc2nc(-c3ccc(N)cc3)cn2C1=O. The molecule has 132 valence electrons. The standard InChI is InChI=1S/C20H25N3O2/c1-3-5-17(4-2)25-13-15-8-11-19-22-18(12-23(19)20(15)24)14-6-9-16(21)10-7-14/h6-12,15,17H,3-5,13,21H2,1-2H3/t15?,17-/m1/s1. The van der Waals surface area contributed by atoms with Crippen LogP contribution < -0.4 is 5.73 Å². The summed E-state index contributed by atoms with van der Waals surface area (Å²) in [5.41, 5.74) is 8.15. The van der Waals surface area contributed by atoms with E-state index in [0.29, 0.717) is 18.1 Å². The Morgan fingerprint density at radius 3 is 2.72 bits per heavy atom. The number of nitrogen functional groups attached to an aromatic ring is 1. The van der Waals surface area contributed by atoms with Gasteiger partial charge < -0.3 is 10.5 Å². The number of hydrogen-bond acceptors (Lipinski definition) is 4. The first-order valence-corrected chi connectivity index (χ1v) is 8.91. The predicted octanol–water partition coefficient (Wildman–Crippen LogP) is 4.01. The summed E-state index contributed by atoms with van der Waals surface area (Å²) in [5.74, 6) is 0.415. The second-order valence-corrected chi connectivity index (χ2v) is 6.43. The summed E-state index contributed by atoms with van der Waals surface area (Å²) in [6.45, 7) is 4.68. The highest BCUT2D eigenvalue weighted by atomic mass is 16.5. The Labute approximate surface area is 148 Å². The van der Waals surface area contributed by atoms with Crippen LogP contribution in [-0.2, 0) is 4.74 Å². The number of carbonyl (C=O) groups excluding carboxylic acids is 1. The Kier molecular flexibility index (Phi) is 5.34. The van der Waals surface area contributed by atoms with Crippen LogP contribution in [0.3, 0.4) is 0 Å². The third kappa shape index (κ3) is 3.82. The molecule has 0 radical (unpaired) electrons. The van der Waals surface area contributed by atoms with Crippen molar-refractivity contribution in [2.45, 2.75) is 39.2 Å². The van der Waals surface area contributed by atoms with Crippen LogP contribution >= 0.6 is 0 Å². The Morgan fingerprint density at radius 2 is 2.04 bits per heavy atom. The van der Waals surface area contributed by atoms with Crippen LogP contribution in [0.1, 0.15) is 43.7 Å². The molecule has 0 aliphatic carbocycles. The third-order valence-corrected chi connectivity index (χ3v) is 4.55. The first kappa shape index (κ1) is 17.4. The van der Waals surface area contributed by atoms with Gasteiger partial charge >= 0.3 is 0 Å². The molecule has 0 spiro atoms. The second-order valence-electron chi connectivity index (χ2n) is 6.43. The largest absolute Gasteiger partial charge is 0.399 e. The van der Waals surface area contributed by atoms with E-state index >= 15 is 0 Å². The Morgan fingerprint density at radius 1 is 1.28 bits per heavy atom. The molecule has 25 heavy (non-hydrogen) atoms. The van der Waals surface area contributed by atoms with Gasteiger partial charge in [0.2, 0.25) is 5.91 Å². The monoisotopic (exact) mass is 339 g/mol. The number of nitrogens with two attached hydrogens (primary N) is 1. The topological polar surface area (TPSA) is 70.1 Å². The molecule has 1 aliphatic rings. The zero-order valence-electron chi connectivity index (χ0n) is 14.8. The lowest BCUT2D eigenvalue weighted by Crippen LogP contribution is -2.29. The summed E-state index contributed by atoms with van der Waals surface area (Å²) in [7, 11) is 0. The molecule has 1 aliphatic heterocycles. The molecule has 0 fully saturated rings. The number of nitrogens with zero attached hydrogens (tertiary/aromatic N) is 2. The fourth-order valence-corrected chi connectivity index (χ4v) is 3.04. The lowest BCUT2D eigenvalue weighted by atomic mass is 10.1. The van der Waals surface area contributed by atoms with Gasteiger partial charge in [0.05, 0.1) is 24.3 Å². The molecule has 2 atom stereocenters. The molecule has 1 aromatic heterocycles. The molecule has 1 aromatic carbocycles. The van der Waals surface area contributed by atoms with Crippen LogP contribution in [0.4, 0.5) is 5.69 Å². The van der Waals surface area contributed by atoms with Crippen LogP contribution in [-0.4, -0.2) is 28.2 Å². The minimum Gasteiger partial charge on any atom is -0.399 e. The molecule has 5 nitrogen and oxygen atoms in total. The smallest absolute Gasteiger partial charge is 0.241 e. The normalized spacial score (nSPS) is 17.5. The Balaban J connectivity index is 1.73. The van der Waals surface area contributed by atoms with E-state index in [1.54, 1.807) is 10.8 Å². The number of hydrogen-bond donors (Lipinski definition) is 1. The molecule has 3 rings (SSSR count). The zero-order valence-corrected chi connectivity index (χ0v) is 14.8. The highest BCUT2D eigenvalue weighted by Crippen LogP contribution is 2.24. The molecule has 2 N–H and O–H groups in total. The number of carbonyl (C=O) groups is 1. The summed E-state index contributed by atoms with van der Waals surface area (Å²) in [5, 5.41) is 0. The minimum absolute atomic E-state index is 0.0121. The molecule has 2 aromatic rings. The van der Waals surface area contributed by atoms with Crippen molar-refractivity contribution in [1.29, 1.82) is 0 Å². The number of anilines is 1. The van der Waals surface area contributed by atoms with Crippen molar-refractivity contribution in [3.8, 4) is 11.3 Å². The first-order valence-electron chi connectivity index (χ1n) is 8.91. The van der Waals surface area contributed by atoms with Crippen LogP contribution in [0.2, 0.25) is 0 Å². The molecule has 0 saturated heterocycles. The minimum atomic E-state index is -0.258. The molecular formula is C20H25N3O2. The molecule has 2 heterocycles. The summed E-state index contributed by atoms with van der Waals surface area (Å²) in [6, 6.07) is 7.49. The fourth-order valence-electron chi connectivity index (χ4n) is 3.04. The van der Waals surface area contributed by atoms with Crippen LogP contribution in [0.25, 0.3) is 17.3 Å². The maximum atomic E-state index is 12.7. The van der Waals surface area contributed by atoms with E-state index in [0.717, 1.165) is 30.5 Å². The van der Waals surface area contributed by atoms with Crippen LogP contribution in [0.15, 0.2) is 36.5 Å². The number of rotatable bonds is 7. The van der Waals surface area contributed by atoms with Crippen LogP contribution in [0, 0.1) is 5.92 Å². The number of imidazole rings is 1. The lowest BCUT2D eigenvalue weighted by molar-refractivity contribution is 0.0265. The Bertz CT molecular complexity index is 762. The molecule has 0 saturated carbocycles. The van der Waals surface area contributed by atoms with Gasteiger partial charge in [-0.3, -0.25) is 9.36 Å². The molecular weight excluding hydrogens is 314 g/mol. The zero-order chi connectivity index (χ0) is 17.8. The third-order valence-electron chi connectivity index (χ3n) is 4.55. The summed E-state index contributed by atoms with van der Waals surface area (Å²) in [6.07, 6.45) is 8.90. The number of benzene rings is 1. The first-order chi connectivity index (χ1) is 12.1. The average Bonchev–Trinajstić information content (AvgIpc) is 3.06. The quantitative estimate of drug-likeness (QED) is 0.774. The fraction of sp³-hybridized carbons (Fsp3) is 0.400. The number of ether oxygens (including phenoxy) is 1. The van der Waals surface area contributed by atoms with Gasteiger partial charge in [-0.1, -0.05) is 38.5 Å². The summed E-state index contributed by atoms with van der Waals surface area (Å²) in [4.78, 5) is 17.3. The average molecular weight is 339 g/mol. The van der Waals surface area contributed by atoms with Gasteiger partial charge in [0.15, 0.2) is 0 Å². The van der Waals surface area contributed by atoms with E-state index in [2.05, 4.69) is 18.8 Å². The van der Waals surface area contributed by atoms with Crippen molar-refractivity contribution < 1.29 is 9.53 Å². The van der Waals surface area contributed by atoms with Crippen molar-refractivity contribution in [3.63, 3.8) is 0 Å². The van der Waals surface area contributed by atoms with E-state index in [1.165, 1.54) is 0 Å². The van der Waals surface area contributed by atoms with Crippen LogP contribution in [0.5, 0.6) is 0 Å². The van der Waals surface area contributed by atoms with E-state index in [1.807, 2.05) is 36.4 Å². The highest BCUT2D eigenvalue weighted by Gasteiger charge is 2.26. The van der Waals surface area contributed by atoms with E-state index in [4.69, 9.17) is 10.5 Å². The van der Waals surface area contributed by atoms with Gasteiger partial charge in [-0.25, -0.2) is 4.98 Å². The van der Waals surface area contributed by atoms with E-state index in [-0.39, 0.29) is 17.9 Å². The second kappa shape index (κ2) is 7.66. The van der Waals surface area contributed by atoms with Crippen molar-refractivity contribution in [3.05, 3.63) is 42.4 Å². The Hall–Kier alpha value is -2.40. The van der Waals surface area contributed by atoms with Gasteiger partial charge in [0.1, 0.15) is 5.82 Å². The van der Waals surface area contributed by atoms with E-state index in [9.17, 15) is 4.79 Å². The van der Waals surface area contributed by atoms with Crippen molar-refractivity contribution in [2.24, 2.45) is 5.92 Å². The molecule has 0 amide bonds. The van der Waals surface area contributed by atoms with E-state index < -0.39 is 0 Å². The van der Waals surface area contributed by atoms with Gasteiger partial charge in [0, 0.05) is 17.4 Å². The van der Waals surface area contributed by atoms with Crippen molar-refractivity contribution in [2.75, 3.05) is 12.3 Å². The van der Waals surface area contributed by atoms with Gasteiger partial charge in [-0.05, 0) is 31.1 Å². The van der Waals surface area contributed by atoms with Gasteiger partial charge in [0.25, 0.3) is 0 Å². The summed E-state index contributed by atoms with van der Waals surface area (Å²) < 4.78 is 7.57. The lowest BCUT2D eigenvalue weighted by Gasteiger charge is -2.21. The molecule has 0 bridgehead atoms. The van der Waals surface area contributed by atoms with Gasteiger partial charge in [-0.15, -0.1) is 0 Å². The maximum Gasteiger partial charge on any atom is 0.241 e. The number of fused-ring (bicyclic) bond motifs is 1. The van der Waals surface area contributed by atoms with Gasteiger partial charge in [-0.2, -0.15) is 0 Å². The predicted molar refractivity (Wildman–Crippen MR) is 100 cm³/mol. The number of aromatic nitrogens is 2. The highest BCUT2D eigenvalue weighted by molar-refractivity contribution is 5.89. The summed E-state index contributed by atoms with van der Waals surface area (Å²) >= 11 is 0. The molecule has 1 unspecified atom stereocenters. The van der Waals surface area contributed by atoms with Crippen molar-refractivity contribution >= 4 is 17.7 Å².